The first-order chi connectivity index (χ1) is 14.2. The summed E-state index contributed by atoms with van der Waals surface area (Å²) in [7, 11) is 1.53. The highest BCUT2D eigenvalue weighted by atomic mass is 16.5. The van der Waals surface area contributed by atoms with Gasteiger partial charge in [-0.15, -0.1) is 0 Å². The van der Waals surface area contributed by atoms with Gasteiger partial charge in [0.1, 0.15) is 11.3 Å². The smallest absolute Gasteiger partial charge is 0.266 e. The zero-order chi connectivity index (χ0) is 20.4. The summed E-state index contributed by atoms with van der Waals surface area (Å²) in [6, 6.07) is 10.8. The Morgan fingerprint density at radius 3 is 2.76 bits per heavy atom. The maximum atomic E-state index is 13.1. The molecule has 2 heterocycles. The highest BCUT2D eigenvalue weighted by Gasteiger charge is 2.30. The maximum absolute atomic E-state index is 13.1. The molecular formula is C24H24N2O3. The number of hydrogen-bond donors (Lipinski definition) is 0. The molecule has 0 saturated heterocycles. The average Bonchev–Trinajstić information content (AvgIpc) is 3.02. The summed E-state index contributed by atoms with van der Waals surface area (Å²) in [6.07, 6.45) is 10.1. The summed E-state index contributed by atoms with van der Waals surface area (Å²) < 4.78 is 6.74. The number of rotatable bonds is 7. The highest BCUT2D eigenvalue weighted by molar-refractivity contribution is 6.13. The van der Waals surface area contributed by atoms with E-state index in [1.165, 1.54) is 37.4 Å². The van der Waals surface area contributed by atoms with Crippen LogP contribution < -0.4 is 10.3 Å². The van der Waals surface area contributed by atoms with E-state index in [-0.39, 0.29) is 17.2 Å². The predicted octanol–water partition coefficient (Wildman–Crippen LogP) is 4.92. The second-order valence-corrected chi connectivity index (χ2v) is 7.29. The standard InChI is InChI=1S/C24H24N2O3/c1-3-4-5-6-7-8-10-16-13-14-19-18(15-16)22(27)23-25-21-17(24(28)26(19)23)11-9-12-20(21)29-2/h8-15H,3-7H2,1-2H3/b10-8+. The van der Waals surface area contributed by atoms with Gasteiger partial charge in [0.15, 0.2) is 5.82 Å². The number of fused-ring (bicyclic) bond motifs is 4. The molecule has 0 unspecified atom stereocenters. The van der Waals surface area contributed by atoms with Crippen molar-refractivity contribution < 1.29 is 9.53 Å². The van der Waals surface area contributed by atoms with Gasteiger partial charge in [-0.05, 0) is 42.7 Å². The molecule has 5 heteroatoms. The Labute approximate surface area is 169 Å². The maximum Gasteiger partial charge on any atom is 0.266 e. The Hall–Kier alpha value is -3.21. The number of nitrogens with zero attached hydrogens (tertiary/aromatic N) is 2. The van der Waals surface area contributed by atoms with Crippen LogP contribution in [0.3, 0.4) is 0 Å². The lowest BCUT2D eigenvalue weighted by Gasteiger charge is -2.08. The van der Waals surface area contributed by atoms with Crippen LogP contribution in [-0.2, 0) is 0 Å². The van der Waals surface area contributed by atoms with Crippen LogP contribution in [0.2, 0.25) is 0 Å². The van der Waals surface area contributed by atoms with Crippen molar-refractivity contribution in [3.63, 3.8) is 0 Å². The van der Waals surface area contributed by atoms with Crippen molar-refractivity contribution in [2.45, 2.75) is 39.0 Å². The van der Waals surface area contributed by atoms with Crippen molar-refractivity contribution in [1.82, 2.24) is 9.55 Å². The number of ketones is 1. The molecule has 0 radical (unpaired) electrons. The molecule has 0 fully saturated rings. The van der Waals surface area contributed by atoms with E-state index < -0.39 is 0 Å². The van der Waals surface area contributed by atoms with Crippen LogP contribution in [0.5, 0.6) is 5.75 Å². The molecule has 2 aromatic carbocycles. The molecule has 0 bridgehead atoms. The number of methoxy groups -OCH3 is 1. The van der Waals surface area contributed by atoms with Crippen LogP contribution in [0.25, 0.3) is 22.7 Å². The summed E-state index contributed by atoms with van der Waals surface area (Å²) in [5.74, 6) is 0.393. The van der Waals surface area contributed by atoms with E-state index in [1.54, 1.807) is 18.2 Å². The predicted molar refractivity (Wildman–Crippen MR) is 115 cm³/mol. The van der Waals surface area contributed by atoms with E-state index in [2.05, 4.69) is 18.0 Å². The van der Waals surface area contributed by atoms with Gasteiger partial charge in [-0.3, -0.25) is 14.2 Å². The van der Waals surface area contributed by atoms with Crippen LogP contribution in [0.15, 0.2) is 47.3 Å². The number of ether oxygens (including phenoxy) is 1. The quantitative estimate of drug-likeness (QED) is 0.422. The third kappa shape index (κ3) is 3.37. The molecule has 5 nitrogen and oxygen atoms in total. The van der Waals surface area contributed by atoms with Gasteiger partial charge in [0.05, 0.1) is 23.7 Å². The molecule has 0 amide bonds. The Morgan fingerprint density at radius 1 is 1.10 bits per heavy atom. The largest absolute Gasteiger partial charge is 0.494 e. The van der Waals surface area contributed by atoms with E-state index in [4.69, 9.17) is 4.74 Å². The number of benzene rings is 2. The number of carbonyl (C=O) groups excluding carboxylic acids is 1. The minimum atomic E-state index is -0.254. The fraction of sp³-hybridized carbons (Fsp3) is 0.292. The van der Waals surface area contributed by atoms with E-state index >= 15 is 0 Å². The lowest BCUT2D eigenvalue weighted by atomic mass is 10.1. The molecule has 0 atom stereocenters. The molecule has 0 aliphatic carbocycles. The van der Waals surface area contributed by atoms with E-state index in [9.17, 15) is 9.59 Å². The lowest BCUT2D eigenvalue weighted by molar-refractivity contribution is 0.103. The van der Waals surface area contributed by atoms with Gasteiger partial charge in [-0.25, -0.2) is 4.98 Å². The fourth-order valence-corrected chi connectivity index (χ4v) is 3.79. The first-order valence-electron chi connectivity index (χ1n) is 10.1. The topological polar surface area (TPSA) is 61.2 Å². The van der Waals surface area contributed by atoms with Crippen molar-refractivity contribution in [2.75, 3.05) is 7.11 Å². The minimum Gasteiger partial charge on any atom is -0.494 e. The Bertz CT molecular complexity index is 1170. The number of hydrogen-bond acceptors (Lipinski definition) is 4. The van der Waals surface area contributed by atoms with Gasteiger partial charge in [0.25, 0.3) is 5.56 Å². The number of allylic oxidation sites excluding steroid dienone is 1. The fourth-order valence-electron chi connectivity index (χ4n) is 3.79. The van der Waals surface area contributed by atoms with E-state index in [1.807, 2.05) is 24.3 Å². The Morgan fingerprint density at radius 2 is 1.97 bits per heavy atom. The zero-order valence-corrected chi connectivity index (χ0v) is 16.8. The molecule has 1 aliphatic rings. The van der Waals surface area contributed by atoms with Crippen LogP contribution in [0.4, 0.5) is 0 Å². The van der Waals surface area contributed by atoms with Crippen molar-refractivity contribution in [3.8, 4) is 11.4 Å². The molecule has 148 valence electrons. The monoisotopic (exact) mass is 388 g/mol. The Kier molecular flexibility index (Phi) is 5.30. The molecule has 0 N–H and O–H groups in total. The number of aromatic nitrogens is 2. The summed E-state index contributed by atoms with van der Waals surface area (Å²) in [5, 5.41) is 0.435. The summed E-state index contributed by atoms with van der Waals surface area (Å²) in [5.41, 5.74) is 2.22. The molecule has 29 heavy (non-hydrogen) atoms. The van der Waals surface area contributed by atoms with Gasteiger partial charge in [0, 0.05) is 0 Å². The number of unbranched alkanes of at least 4 members (excludes halogenated alkanes) is 4. The van der Waals surface area contributed by atoms with Gasteiger partial charge in [0.2, 0.25) is 5.78 Å². The van der Waals surface area contributed by atoms with Gasteiger partial charge in [-0.2, -0.15) is 0 Å². The third-order valence-electron chi connectivity index (χ3n) is 5.33. The second-order valence-electron chi connectivity index (χ2n) is 7.29. The van der Waals surface area contributed by atoms with Gasteiger partial charge >= 0.3 is 0 Å². The van der Waals surface area contributed by atoms with Crippen molar-refractivity contribution >= 4 is 22.8 Å². The highest BCUT2D eigenvalue weighted by Crippen LogP contribution is 2.29. The molecule has 4 rings (SSSR count). The summed E-state index contributed by atoms with van der Waals surface area (Å²) >= 11 is 0. The molecule has 3 aromatic rings. The third-order valence-corrected chi connectivity index (χ3v) is 5.33. The van der Waals surface area contributed by atoms with Crippen molar-refractivity contribution in [2.24, 2.45) is 0 Å². The van der Waals surface area contributed by atoms with E-state index in [0.717, 1.165) is 12.0 Å². The minimum absolute atomic E-state index is 0.141. The first-order valence-corrected chi connectivity index (χ1v) is 10.1. The molecule has 0 spiro atoms. The number of carbonyl (C=O) groups is 1. The zero-order valence-electron chi connectivity index (χ0n) is 16.8. The SMILES string of the molecule is CCCCCC/C=C/c1ccc2c(c1)C(=O)c1nc3c(OC)cccc3c(=O)n1-2. The van der Waals surface area contributed by atoms with Crippen LogP contribution in [0.1, 0.15) is 60.8 Å². The summed E-state index contributed by atoms with van der Waals surface area (Å²) in [6.45, 7) is 2.20. The van der Waals surface area contributed by atoms with E-state index in [0.29, 0.717) is 27.9 Å². The van der Waals surface area contributed by atoms with Crippen LogP contribution in [0, 0.1) is 0 Å². The Balaban J connectivity index is 1.70. The lowest BCUT2D eigenvalue weighted by Crippen LogP contribution is -2.21. The normalized spacial score (nSPS) is 12.6. The van der Waals surface area contributed by atoms with Crippen LogP contribution in [-0.4, -0.2) is 22.4 Å². The van der Waals surface area contributed by atoms with Crippen LogP contribution >= 0.6 is 0 Å². The van der Waals surface area contributed by atoms with Gasteiger partial charge < -0.3 is 4.74 Å². The molecule has 1 aliphatic heterocycles. The summed E-state index contributed by atoms with van der Waals surface area (Å²) in [4.78, 5) is 30.6. The van der Waals surface area contributed by atoms with Gasteiger partial charge in [-0.1, -0.05) is 50.5 Å². The number of para-hydroxylation sites is 1. The molecule has 0 saturated carbocycles. The first kappa shape index (κ1) is 19.1. The molecular weight excluding hydrogens is 364 g/mol. The average molecular weight is 388 g/mol. The van der Waals surface area contributed by atoms with Crippen molar-refractivity contribution in [1.29, 1.82) is 0 Å². The second kappa shape index (κ2) is 8.03. The molecule has 1 aromatic heterocycles. The van der Waals surface area contributed by atoms with Crippen molar-refractivity contribution in [3.05, 3.63) is 69.8 Å².